The summed E-state index contributed by atoms with van der Waals surface area (Å²) in [6.07, 6.45) is -0.616. The van der Waals surface area contributed by atoms with E-state index in [2.05, 4.69) is 97.2 Å². The summed E-state index contributed by atoms with van der Waals surface area (Å²) in [5, 5.41) is 14.8. The zero-order valence-electron chi connectivity index (χ0n) is 24.1. The minimum Gasteiger partial charge on any atom is -0.493 e. The summed E-state index contributed by atoms with van der Waals surface area (Å²) in [6.45, 7) is 12.4. The third-order valence-corrected chi connectivity index (χ3v) is 9.86. The van der Waals surface area contributed by atoms with E-state index in [0.29, 0.717) is 6.61 Å². The highest BCUT2D eigenvalue weighted by atomic mass is 127. The third kappa shape index (κ3) is 9.66. The molecule has 3 aromatic rings. The molecule has 6 nitrogen and oxygen atoms in total. The number of hydrogen-bond donors (Lipinski definition) is 2. The van der Waals surface area contributed by atoms with E-state index in [1.807, 2.05) is 24.3 Å². The molecule has 0 fully saturated rings. The van der Waals surface area contributed by atoms with Crippen molar-refractivity contribution in [3.05, 3.63) is 87.5 Å². The minimum atomic E-state index is -1.12. The SMILES string of the molecule is CC(C)(C)OC(=O)NC(Cc1ccc(OCC[Si](c2ccccc2)c2ccc(C(C)(C)C)cc2)c(I)c1)C(=O)O. The second-order valence-corrected chi connectivity index (χ2v) is 15.6. The fourth-order valence-electron chi connectivity index (χ4n) is 4.20. The summed E-state index contributed by atoms with van der Waals surface area (Å²) in [5.41, 5.74) is 1.51. The number of aliphatic carboxylic acids is 1. The Morgan fingerprint density at radius 2 is 1.55 bits per heavy atom. The molecule has 0 saturated carbocycles. The molecule has 0 aliphatic rings. The van der Waals surface area contributed by atoms with Crippen LogP contribution < -0.4 is 20.4 Å². The first kappa shape index (κ1) is 31.7. The minimum absolute atomic E-state index is 0.112. The predicted octanol–water partition coefficient (Wildman–Crippen LogP) is 5.80. The number of carbonyl (C=O) groups is 2. The molecule has 0 heterocycles. The van der Waals surface area contributed by atoms with Crippen LogP contribution in [0.1, 0.15) is 52.7 Å². The van der Waals surface area contributed by atoms with Crippen LogP contribution in [0, 0.1) is 3.57 Å². The number of alkyl carbamates (subject to hydrolysis) is 1. The van der Waals surface area contributed by atoms with Crippen LogP contribution >= 0.6 is 22.6 Å². The largest absolute Gasteiger partial charge is 0.493 e. The maximum absolute atomic E-state index is 12.1. The van der Waals surface area contributed by atoms with Crippen LogP contribution in [0.5, 0.6) is 5.75 Å². The lowest BCUT2D eigenvalue weighted by atomic mass is 9.87. The Morgan fingerprint density at radius 3 is 2.10 bits per heavy atom. The van der Waals surface area contributed by atoms with Gasteiger partial charge in [-0.1, -0.05) is 91.8 Å². The van der Waals surface area contributed by atoms with Crippen LogP contribution in [-0.2, 0) is 21.4 Å². The smallest absolute Gasteiger partial charge is 0.408 e. The van der Waals surface area contributed by atoms with E-state index in [-0.39, 0.29) is 11.8 Å². The quantitative estimate of drug-likeness (QED) is 0.210. The Labute approximate surface area is 253 Å². The lowest BCUT2D eigenvalue weighted by Crippen LogP contribution is -2.44. The average Bonchev–Trinajstić information content (AvgIpc) is 2.86. The molecule has 0 saturated heterocycles. The standard InChI is InChI=1S/C32H39INO5Si/c1-31(2,3)23-13-15-25(16-14-23)40(24-10-8-7-9-11-24)19-18-38-28-17-12-22(20-26(28)33)21-27(29(35)36)34-30(37)39-32(4,5)6/h7-17,20,27H,18-19,21H2,1-6H3,(H,34,37)(H,35,36). The van der Waals surface area contributed by atoms with Gasteiger partial charge in [0, 0.05) is 6.42 Å². The van der Waals surface area contributed by atoms with Crippen LogP contribution in [0.4, 0.5) is 4.79 Å². The van der Waals surface area contributed by atoms with Crippen molar-refractivity contribution in [1.29, 1.82) is 0 Å². The Kier molecular flexibility index (Phi) is 10.8. The number of carboxylic acid groups (broad SMARTS) is 1. The van der Waals surface area contributed by atoms with Gasteiger partial charge in [0.25, 0.3) is 0 Å². The lowest BCUT2D eigenvalue weighted by Gasteiger charge is -2.22. The van der Waals surface area contributed by atoms with Crippen molar-refractivity contribution in [2.75, 3.05) is 6.61 Å². The van der Waals surface area contributed by atoms with E-state index < -0.39 is 32.5 Å². The van der Waals surface area contributed by atoms with E-state index in [9.17, 15) is 14.7 Å². The number of ether oxygens (including phenoxy) is 2. The molecule has 1 amide bonds. The highest BCUT2D eigenvalue weighted by molar-refractivity contribution is 14.1. The van der Waals surface area contributed by atoms with Crippen molar-refractivity contribution in [1.82, 2.24) is 5.32 Å². The van der Waals surface area contributed by atoms with Gasteiger partial charge in [0.1, 0.15) is 26.2 Å². The lowest BCUT2D eigenvalue weighted by molar-refractivity contribution is -0.139. The highest BCUT2D eigenvalue weighted by Crippen LogP contribution is 2.24. The van der Waals surface area contributed by atoms with Crippen LogP contribution in [0.15, 0.2) is 72.8 Å². The molecule has 3 rings (SSSR count). The number of benzene rings is 3. The fourth-order valence-corrected chi connectivity index (χ4v) is 7.32. The number of amides is 1. The van der Waals surface area contributed by atoms with Gasteiger partial charge in [-0.05, 0) is 78.1 Å². The fraction of sp³-hybridized carbons (Fsp3) is 0.375. The zero-order valence-corrected chi connectivity index (χ0v) is 27.2. The first-order valence-electron chi connectivity index (χ1n) is 13.4. The van der Waals surface area contributed by atoms with E-state index >= 15 is 0 Å². The number of carboxylic acids is 1. The molecule has 0 spiro atoms. The topological polar surface area (TPSA) is 84.9 Å². The molecule has 40 heavy (non-hydrogen) atoms. The Balaban J connectivity index is 1.67. The molecule has 3 aromatic carbocycles. The van der Waals surface area contributed by atoms with Gasteiger partial charge in [0.15, 0.2) is 0 Å². The Morgan fingerprint density at radius 1 is 0.925 bits per heavy atom. The zero-order chi connectivity index (χ0) is 29.5. The monoisotopic (exact) mass is 672 g/mol. The summed E-state index contributed by atoms with van der Waals surface area (Å²) in [5.74, 6) is -0.360. The molecule has 1 radical (unpaired) electrons. The molecular weight excluding hydrogens is 633 g/mol. The van der Waals surface area contributed by atoms with Gasteiger partial charge < -0.3 is 19.9 Å². The molecule has 1 unspecified atom stereocenters. The third-order valence-electron chi connectivity index (χ3n) is 6.26. The molecule has 0 bridgehead atoms. The van der Waals surface area contributed by atoms with Crippen LogP contribution in [-0.4, -0.2) is 44.2 Å². The average molecular weight is 673 g/mol. The summed E-state index contributed by atoms with van der Waals surface area (Å²) in [4.78, 5) is 23.9. The van der Waals surface area contributed by atoms with Crippen molar-refractivity contribution in [3.8, 4) is 5.75 Å². The number of nitrogens with one attached hydrogen (secondary N) is 1. The first-order valence-corrected chi connectivity index (χ1v) is 16.2. The van der Waals surface area contributed by atoms with E-state index in [4.69, 9.17) is 9.47 Å². The number of carbonyl (C=O) groups excluding carboxylic acids is 1. The van der Waals surface area contributed by atoms with E-state index in [1.165, 1.54) is 15.9 Å². The van der Waals surface area contributed by atoms with Gasteiger partial charge in [-0.2, -0.15) is 0 Å². The molecule has 0 aromatic heterocycles. The van der Waals surface area contributed by atoms with Crippen LogP contribution in [0.25, 0.3) is 0 Å². The van der Waals surface area contributed by atoms with Gasteiger partial charge in [-0.3, -0.25) is 0 Å². The number of halogens is 1. The molecular formula is C32H39INO5Si. The second kappa shape index (κ2) is 13.7. The number of rotatable bonds is 10. The molecule has 1 atom stereocenters. The summed E-state index contributed by atoms with van der Waals surface area (Å²) >= 11 is 2.21. The summed E-state index contributed by atoms with van der Waals surface area (Å²) in [6, 6.07) is 25.1. The molecule has 8 heteroatoms. The van der Waals surface area contributed by atoms with Crippen molar-refractivity contribution in [2.24, 2.45) is 0 Å². The van der Waals surface area contributed by atoms with Gasteiger partial charge in [0.05, 0.1) is 10.2 Å². The molecule has 0 aliphatic heterocycles. The maximum Gasteiger partial charge on any atom is 0.408 e. The van der Waals surface area contributed by atoms with E-state index in [1.54, 1.807) is 20.8 Å². The van der Waals surface area contributed by atoms with Crippen molar-refractivity contribution in [2.45, 2.75) is 71.1 Å². The molecule has 0 aliphatic carbocycles. The van der Waals surface area contributed by atoms with E-state index in [0.717, 1.165) is 20.9 Å². The summed E-state index contributed by atoms with van der Waals surface area (Å²) < 4.78 is 12.3. The maximum atomic E-state index is 12.1. The predicted molar refractivity (Wildman–Crippen MR) is 171 cm³/mol. The summed E-state index contributed by atoms with van der Waals surface area (Å²) in [7, 11) is -1.05. The van der Waals surface area contributed by atoms with Crippen molar-refractivity contribution < 1.29 is 24.2 Å². The molecule has 213 valence electrons. The van der Waals surface area contributed by atoms with Crippen LogP contribution in [0.2, 0.25) is 6.04 Å². The van der Waals surface area contributed by atoms with Crippen molar-refractivity contribution in [3.63, 3.8) is 0 Å². The first-order chi connectivity index (χ1) is 18.7. The Hall–Kier alpha value is -2.85. The van der Waals surface area contributed by atoms with Crippen LogP contribution in [0.3, 0.4) is 0 Å². The highest BCUT2D eigenvalue weighted by Gasteiger charge is 2.25. The van der Waals surface area contributed by atoms with Gasteiger partial charge >= 0.3 is 12.1 Å². The van der Waals surface area contributed by atoms with Crippen molar-refractivity contribution >= 4 is 53.8 Å². The normalized spacial score (nSPS) is 12.6. The van der Waals surface area contributed by atoms with Gasteiger partial charge in [0.2, 0.25) is 0 Å². The second-order valence-electron chi connectivity index (χ2n) is 11.8. The molecule has 2 N–H and O–H groups in total. The van der Waals surface area contributed by atoms with Gasteiger partial charge in [-0.25, -0.2) is 9.59 Å². The Bertz CT molecular complexity index is 1280. The number of hydrogen-bond acceptors (Lipinski definition) is 4. The van der Waals surface area contributed by atoms with Gasteiger partial charge in [-0.15, -0.1) is 0 Å².